The molecular weight excluding hydrogens is 856 g/mol. The van der Waals surface area contributed by atoms with Gasteiger partial charge in [0.05, 0.1) is 19.8 Å². The highest BCUT2D eigenvalue weighted by Crippen LogP contribution is 2.43. The first-order chi connectivity index (χ1) is 32.2. The molecule has 66 heavy (non-hydrogen) atoms. The second-order valence-corrected chi connectivity index (χ2v) is 19.9. The zero-order valence-electron chi connectivity index (χ0n) is 42.7. The van der Waals surface area contributed by atoms with Crippen LogP contribution < -0.4 is 0 Å². The van der Waals surface area contributed by atoms with Crippen molar-refractivity contribution in [2.75, 3.05) is 26.4 Å². The van der Waals surface area contributed by atoms with E-state index in [0.717, 1.165) is 83.5 Å². The molecule has 2 N–H and O–H groups in total. The molecule has 0 aromatic carbocycles. The molecular formula is C54H101O11P. The SMILES string of the molecule is CCCCC/C=C\C/C=C\CCCCCCCC(=O)OC(COC(=O)CCCCCCCCCCCCC)COP(=O)(O)OCC(CO)OC(=O)CCCCCCCCCCCCCCC. The summed E-state index contributed by atoms with van der Waals surface area (Å²) in [7, 11) is -4.74. The summed E-state index contributed by atoms with van der Waals surface area (Å²) in [5, 5.41) is 9.78. The number of hydrogen-bond donors (Lipinski definition) is 2. The van der Waals surface area contributed by atoms with Gasteiger partial charge in [-0.3, -0.25) is 23.4 Å². The molecule has 0 aromatic heterocycles. The maximum Gasteiger partial charge on any atom is 0.472 e. The quantitative estimate of drug-likeness (QED) is 0.0197. The highest BCUT2D eigenvalue weighted by Gasteiger charge is 2.28. The van der Waals surface area contributed by atoms with Crippen LogP contribution in [0, 0.1) is 0 Å². The van der Waals surface area contributed by atoms with Crippen molar-refractivity contribution in [1.29, 1.82) is 0 Å². The Morgan fingerprint density at radius 1 is 0.424 bits per heavy atom. The fourth-order valence-electron chi connectivity index (χ4n) is 7.68. The van der Waals surface area contributed by atoms with Crippen molar-refractivity contribution in [3.8, 4) is 0 Å². The molecule has 0 aliphatic heterocycles. The molecule has 11 nitrogen and oxygen atoms in total. The Labute approximate surface area is 404 Å². The summed E-state index contributed by atoms with van der Waals surface area (Å²) in [6, 6.07) is 0. The fraction of sp³-hybridized carbons (Fsp3) is 0.870. The van der Waals surface area contributed by atoms with Crippen LogP contribution in [0.15, 0.2) is 24.3 Å². The van der Waals surface area contributed by atoms with Crippen LogP contribution in [0.4, 0.5) is 0 Å². The molecule has 0 spiro atoms. The van der Waals surface area contributed by atoms with Crippen LogP contribution in [0.2, 0.25) is 0 Å². The number of carbonyl (C=O) groups is 3. The number of carbonyl (C=O) groups excluding carboxylic acids is 3. The molecule has 3 atom stereocenters. The normalized spacial score (nSPS) is 13.6. The van der Waals surface area contributed by atoms with Crippen LogP contribution in [0.25, 0.3) is 0 Å². The molecule has 3 unspecified atom stereocenters. The number of aliphatic hydroxyl groups is 1. The molecule has 0 aromatic rings. The number of allylic oxidation sites excluding steroid dienone is 4. The van der Waals surface area contributed by atoms with Gasteiger partial charge in [0, 0.05) is 19.3 Å². The molecule has 0 saturated heterocycles. The predicted octanol–water partition coefficient (Wildman–Crippen LogP) is 15.5. The Balaban J connectivity index is 4.71. The van der Waals surface area contributed by atoms with Gasteiger partial charge < -0.3 is 24.2 Å². The molecule has 0 rings (SSSR count). The van der Waals surface area contributed by atoms with Crippen molar-refractivity contribution in [3.63, 3.8) is 0 Å². The summed E-state index contributed by atoms with van der Waals surface area (Å²) in [5.41, 5.74) is 0. The standard InChI is InChI=1S/C54H101O11P/c1-4-7-10-13-16-19-22-24-25-27-30-33-36-39-42-45-54(58)65-51(47-61-52(56)43-40-37-34-31-28-21-18-15-12-9-6-3)49-63-66(59,60)62-48-50(46-55)64-53(57)44-41-38-35-32-29-26-23-20-17-14-11-8-5-2/h16,19,24-25,50-51,55H,4-15,17-18,20-23,26-49H2,1-3H3,(H,59,60)/b19-16-,25-24-. The van der Waals surface area contributed by atoms with Gasteiger partial charge in [0.2, 0.25) is 0 Å². The highest BCUT2D eigenvalue weighted by molar-refractivity contribution is 7.47. The van der Waals surface area contributed by atoms with Gasteiger partial charge >= 0.3 is 25.7 Å². The van der Waals surface area contributed by atoms with Crippen molar-refractivity contribution in [3.05, 3.63) is 24.3 Å². The Bertz CT molecular complexity index is 1210. The Morgan fingerprint density at radius 2 is 0.742 bits per heavy atom. The summed E-state index contributed by atoms with van der Waals surface area (Å²) in [6.07, 6.45) is 47.1. The predicted molar refractivity (Wildman–Crippen MR) is 270 cm³/mol. The molecule has 0 bridgehead atoms. The molecule has 0 aliphatic rings. The van der Waals surface area contributed by atoms with E-state index in [1.807, 2.05) is 0 Å². The molecule has 0 fully saturated rings. The minimum Gasteiger partial charge on any atom is -0.462 e. The molecule has 388 valence electrons. The molecule has 0 aliphatic carbocycles. The minimum atomic E-state index is -4.74. The highest BCUT2D eigenvalue weighted by atomic mass is 31.2. The fourth-order valence-corrected chi connectivity index (χ4v) is 8.47. The van der Waals surface area contributed by atoms with Crippen molar-refractivity contribution >= 4 is 25.7 Å². The molecule has 0 amide bonds. The van der Waals surface area contributed by atoms with Crippen LogP contribution in [0.5, 0.6) is 0 Å². The van der Waals surface area contributed by atoms with Crippen molar-refractivity contribution in [2.24, 2.45) is 0 Å². The summed E-state index contributed by atoms with van der Waals surface area (Å²) in [4.78, 5) is 48.3. The molecule has 12 heteroatoms. The number of phosphoric acid groups is 1. The van der Waals surface area contributed by atoms with E-state index in [1.54, 1.807) is 0 Å². The first-order valence-electron chi connectivity index (χ1n) is 27.2. The van der Waals surface area contributed by atoms with Gasteiger partial charge in [-0.2, -0.15) is 0 Å². The van der Waals surface area contributed by atoms with E-state index in [-0.39, 0.29) is 25.9 Å². The van der Waals surface area contributed by atoms with E-state index < -0.39 is 57.8 Å². The Kier molecular flexibility index (Phi) is 47.9. The topological polar surface area (TPSA) is 155 Å². The number of unbranched alkanes of at least 4 members (excludes halogenated alkanes) is 30. The summed E-state index contributed by atoms with van der Waals surface area (Å²) in [6.45, 7) is 4.62. The van der Waals surface area contributed by atoms with Gasteiger partial charge in [-0.1, -0.05) is 218 Å². The molecule has 0 saturated carbocycles. The van der Waals surface area contributed by atoms with Gasteiger partial charge in [-0.25, -0.2) is 4.57 Å². The first-order valence-corrected chi connectivity index (χ1v) is 28.7. The Hall–Kier alpha value is -2.04. The third-order valence-corrected chi connectivity index (χ3v) is 12.8. The zero-order chi connectivity index (χ0) is 48.4. The lowest BCUT2D eigenvalue weighted by atomic mass is 10.0. The Morgan fingerprint density at radius 3 is 1.15 bits per heavy atom. The van der Waals surface area contributed by atoms with E-state index >= 15 is 0 Å². The van der Waals surface area contributed by atoms with Crippen molar-refractivity contribution < 1.29 is 52.2 Å². The van der Waals surface area contributed by atoms with Gasteiger partial charge in [0.15, 0.2) is 6.10 Å². The minimum absolute atomic E-state index is 0.157. The lowest BCUT2D eigenvalue weighted by molar-refractivity contribution is -0.161. The van der Waals surface area contributed by atoms with Crippen LogP contribution in [-0.2, 0) is 42.2 Å². The summed E-state index contributed by atoms with van der Waals surface area (Å²) >= 11 is 0. The average molecular weight is 957 g/mol. The zero-order valence-corrected chi connectivity index (χ0v) is 43.6. The average Bonchev–Trinajstić information content (AvgIpc) is 3.30. The maximum absolute atomic E-state index is 12.8. The maximum atomic E-state index is 12.8. The number of ether oxygens (including phenoxy) is 3. The van der Waals surface area contributed by atoms with E-state index in [1.165, 1.54) is 122 Å². The lowest BCUT2D eigenvalue weighted by Gasteiger charge is -2.21. The van der Waals surface area contributed by atoms with Gasteiger partial charge in [0.1, 0.15) is 12.7 Å². The number of aliphatic hydroxyl groups excluding tert-OH is 1. The number of phosphoric ester groups is 1. The van der Waals surface area contributed by atoms with E-state index in [4.69, 9.17) is 23.3 Å². The summed E-state index contributed by atoms with van der Waals surface area (Å²) < 4.78 is 39.4. The van der Waals surface area contributed by atoms with Crippen molar-refractivity contribution in [1.82, 2.24) is 0 Å². The number of hydrogen-bond acceptors (Lipinski definition) is 10. The van der Waals surface area contributed by atoms with E-state index in [0.29, 0.717) is 19.3 Å². The lowest BCUT2D eigenvalue weighted by Crippen LogP contribution is -2.30. The third-order valence-electron chi connectivity index (χ3n) is 11.9. The van der Waals surface area contributed by atoms with Crippen LogP contribution >= 0.6 is 7.82 Å². The van der Waals surface area contributed by atoms with Gasteiger partial charge in [-0.05, 0) is 51.4 Å². The van der Waals surface area contributed by atoms with Crippen LogP contribution in [0.1, 0.15) is 265 Å². The number of rotatable bonds is 51. The van der Waals surface area contributed by atoms with Gasteiger partial charge in [0.25, 0.3) is 0 Å². The molecule has 0 heterocycles. The second-order valence-electron chi connectivity index (χ2n) is 18.4. The van der Waals surface area contributed by atoms with E-state index in [9.17, 15) is 28.9 Å². The molecule has 0 radical (unpaired) electrons. The smallest absolute Gasteiger partial charge is 0.462 e. The summed E-state index contributed by atoms with van der Waals surface area (Å²) in [5.74, 6) is -1.46. The van der Waals surface area contributed by atoms with Crippen molar-refractivity contribution in [2.45, 2.75) is 277 Å². The van der Waals surface area contributed by atoms with Crippen LogP contribution in [0.3, 0.4) is 0 Å². The second kappa shape index (κ2) is 49.4. The van der Waals surface area contributed by atoms with Crippen LogP contribution in [-0.4, -0.2) is 66.5 Å². The first kappa shape index (κ1) is 64.0. The largest absolute Gasteiger partial charge is 0.472 e. The third kappa shape index (κ3) is 47.0. The number of esters is 3. The van der Waals surface area contributed by atoms with Gasteiger partial charge in [-0.15, -0.1) is 0 Å². The van der Waals surface area contributed by atoms with E-state index in [2.05, 4.69) is 45.1 Å². The monoisotopic (exact) mass is 957 g/mol.